The van der Waals surface area contributed by atoms with Crippen LogP contribution in [0.25, 0.3) is 0 Å². The number of aliphatic carboxylic acids is 1. The Hall–Kier alpha value is -0.650. The van der Waals surface area contributed by atoms with Crippen LogP contribution < -0.4 is 5.32 Å². The number of hydrogen-bond acceptors (Lipinski definition) is 4. The van der Waals surface area contributed by atoms with E-state index in [1.807, 2.05) is 0 Å². The van der Waals surface area contributed by atoms with E-state index in [2.05, 4.69) is 10.2 Å². The molecule has 16 heavy (non-hydrogen) atoms. The van der Waals surface area contributed by atoms with Gasteiger partial charge in [0.1, 0.15) is 0 Å². The lowest BCUT2D eigenvalue weighted by Gasteiger charge is -2.52. The monoisotopic (exact) mass is 228 g/mol. The minimum Gasteiger partial charge on any atom is -0.481 e. The second-order valence-electron chi connectivity index (χ2n) is 4.84. The van der Waals surface area contributed by atoms with Crippen molar-refractivity contribution in [3.8, 4) is 0 Å². The normalized spacial score (nSPS) is 29.7. The molecule has 2 saturated heterocycles. The van der Waals surface area contributed by atoms with Crippen molar-refractivity contribution in [3.05, 3.63) is 0 Å². The molecule has 0 aromatic carbocycles. The van der Waals surface area contributed by atoms with E-state index in [1.165, 1.54) is 0 Å². The first-order chi connectivity index (χ1) is 7.66. The third kappa shape index (κ3) is 2.21. The zero-order valence-corrected chi connectivity index (χ0v) is 9.74. The van der Waals surface area contributed by atoms with Crippen molar-refractivity contribution in [2.75, 3.05) is 33.3 Å². The van der Waals surface area contributed by atoms with Gasteiger partial charge in [0, 0.05) is 26.7 Å². The van der Waals surface area contributed by atoms with Crippen LogP contribution in [0, 0.1) is 0 Å². The van der Waals surface area contributed by atoms with Gasteiger partial charge in [-0.2, -0.15) is 0 Å². The van der Waals surface area contributed by atoms with Crippen molar-refractivity contribution < 1.29 is 14.6 Å². The molecule has 92 valence electrons. The van der Waals surface area contributed by atoms with Gasteiger partial charge in [-0.1, -0.05) is 0 Å². The van der Waals surface area contributed by atoms with Gasteiger partial charge in [0.15, 0.2) is 0 Å². The SMILES string of the molecule is COC1CCCN(C2(CC(=O)O)CNC2)C1. The summed E-state index contributed by atoms with van der Waals surface area (Å²) in [6.07, 6.45) is 2.68. The molecule has 0 aromatic rings. The van der Waals surface area contributed by atoms with Crippen LogP contribution in [0.3, 0.4) is 0 Å². The standard InChI is InChI=1S/C11H20N2O3/c1-16-9-3-2-4-13(6-9)11(5-10(14)15)7-12-8-11/h9,12H,2-8H2,1H3,(H,14,15). The third-order valence-corrected chi connectivity index (χ3v) is 3.77. The van der Waals surface area contributed by atoms with Crippen molar-refractivity contribution in [1.29, 1.82) is 0 Å². The van der Waals surface area contributed by atoms with Gasteiger partial charge in [-0.3, -0.25) is 9.69 Å². The molecule has 5 nitrogen and oxygen atoms in total. The molecule has 0 radical (unpaired) electrons. The summed E-state index contributed by atoms with van der Waals surface area (Å²) in [6.45, 7) is 3.44. The average Bonchev–Trinajstić information content (AvgIpc) is 2.23. The number of carboxylic acids is 1. The number of nitrogens with one attached hydrogen (secondary N) is 1. The first-order valence-corrected chi connectivity index (χ1v) is 5.87. The molecule has 1 unspecified atom stereocenters. The zero-order chi connectivity index (χ0) is 11.6. The maximum Gasteiger partial charge on any atom is 0.305 e. The van der Waals surface area contributed by atoms with E-state index in [0.29, 0.717) is 0 Å². The molecule has 2 N–H and O–H groups in total. The molecule has 0 aromatic heterocycles. The first-order valence-electron chi connectivity index (χ1n) is 5.87. The van der Waals surface area contributed by atoms with Gasteiger partial charge in [-0.05, 0) is 19.4 Å². The van der Waals surface area contributed by atoms with Crippen molar-refractivity contribution >= 4 is 5.97 Å². The number of carbonyl (C=O) groups is 1. The largest absolute Gasteiger partial charge is 0.481 e. The van der Waals surface area contributed by atoms with Gasteiger partial charge in [0.25, 0.3) is 0 Å². The Morgan fingerprint density at radius 2 is 2.38 bits per heavy atom. The molecular weight excluding hydrogens is 208 g/mol. The minimum atomic E-state index is -0.707. The van der Waals surface area contributed by atoms with E-state index >= 15 is 0 Å². The molecule has 5 heteroatoms. The van der Waals surface area contributed by atoms with Crippen LogP contribution >= 0.6 is 0 Å². The number of ether oxygens (including phenoxy) is 1. The highest BCUT2D eigenvalue weighted by molar-refractivity contribution is 5.68. The fourth-order valence-electron chi connectivity index (χ4n) is 2.72. The number of carboxylic acid groups (broad SMARTS) is 1. The summed E-state index contributed by atoms with van der Waals surface area (Å²) in [7, 11) is 1.73. The van der Waals surface area contributed by atoms with Crippen LogP contribution in [-0.4, -0.2) is 60.9 Å². The number of rotatable bonds is 4. The molecule has 0 amide bonds. The lowest BCUT2D eigenvalue weighted by Crippen LogP contribution is -2.71. The third-order valence-electron chi connectivity index (χ3n) is 3.77. The lowest BCUT2D eigenvalue weighted by atomic mass is 9.84. The van der Waals surface area contributed by atoms with E-state index in [9.17, 15) is 4.79 Å². The molecule has 0 spiro atoms. The number of likely N-dealkylation sites (tertiary alicyclic amines) is 1. The summed E-state index contributed by atoms with van der Waals surface area (Å²) in [6, 6.07) is 0. The molecular formula is C11H20N2O3. The summed E-state index contributed by atoms with van der Waals surface area (Å²) in [4.78, 5) is 13.2. The van der Waals surface area contributed by atoms with E-state index in [-0.39, 0.29) is 18.1 Å². The fraction of sp³-hybridized carbons (Fsp3) is 0.909. The van der Waals surface area contributed by atoms with E-state index < -0.39 is 5.97 Å². The van der Waals surface area contributed by atoms with E-state index in [0.717, 1.165) is 39.0 Å². The summed E-state index contributed by atoms with van der Waals surface area (Å²) < 4.78 is 5.38. The van der Waals surface area contributed by atoms with E-state index in [1.54, 1.807) is 7.11 Å². The highest BCUT2D eigenvalue weighted by Crippen LogP contribution is 2.28. The number of hydrogen-bond donors (Lipinski definition) is 2. The number of methoxy groups -OCH3 is 1. The Morgan fingerprint density at radius 3 is 2.88 bits per heavy atom. The van der Waals surface area contributed by atoms with Crippen LogP contribution in [0.4, 0.5) is 0 Å². The highest BCUT2D eigenvalue weighted by Gasteiger charge is 2.45. The highest BCUT2D eigenvalue weighted by atomic mass is 16.5. The molecule has 0 aliphatic carbocycles. The molecule has 2 rings (SSSR count). The lowest BCUT2D eigenvalue weighted by molar-refractivity contribution is -0.143. The van der Waals surface area contributed by atoms with Gasteiger partial charge < -0.3 is 15.2 Å². The van der Waals surface area contributed by atoms with E-state index in [4.69, 9.17) is 9.84 Å². The van der Waals surface area contributed by atoms with Crippen molar-refractivity contribution in [3.63, 3.8) is 0 Å². The second-order valence-corrected chi connectivity index (χ2v) is 4.84. The second kappa shape index (κ2) is 4.69. The Kier molecular flexibility index (Phi) is 3.47. The minimum absolute atomic E-state index is 0.164. The van der Waals surface area contributed by atoms with Gasteiger partial charge in [0.05, 0.1) is 18.1 Å². The fourth-order valence-corrected chi connectivity index (χ4v) is 2.72. The topological polar surface area (TPSA) is 61.8 Å². The van der Waals surface area contributed by atoms with Gasteiger partial charge >= 0.3 is 5.97 Å². The predicted molar refractivity (Wildman–Crippen MR) is 59.5 cm³/mol. The summed E-state index contributed by atoms with van der Waals surface area (Å²) in [5, 5.41) is 12.2. The molecule has 0 saturated carbocycles. The quantitative estimate of drug-likeness (QED) is 0.704. The summed E-state index contributed by atoms with van der Waals surface area (Å²) in [5.74, 6) is -0.707. The Balaban J connectivity index is 2.00. The van der Waals surface area contributed by atoms with Crippen LogP contribution in [0.5, 0.6) is 0 Å². The summed E-state index contributed by atoms with van der Waals surface area (Å²) in [5.41, 5.74) is -0.164. The zero-order valence-electron chi connectivity index (χ0n) is 9.74. The van der Waals surface area contributed by atoms with Crippen LogP contribution in [0.2, 0.25) is 0 Å². The molecule has 2 heterocycles. The smallest absolute Gasteiger partial charge is 0.305 e. The van der Waals surface area contributed by atoms with Crippen LogP contribution in [-0.2, 0) is 9.53 Å². The van der Waals surface area contributed by atoms with Gasteiger partial charge in [-0.25, -0.2) is 0 Å². The maximum atomic E-state index is 10.9. The molecule has 2 aliphatic heterocycles. The van der Waals surface area contributed by atoms with Gasteiger partial charge in [-0.15, -0.1) is 0 Å². The van der Waals surface area contributed by atoms with Gasteiger partial charge in [0.2, 0.25) is 0 Å². The van der Waals surface area contributed by atoms with Crippen molar-refractivity contribution in [2.24, 2.45) is 0 Å². The van der Waals surface area contributed by atoms with Crippen LogP contribution in [0.15, 0.2) is 0 Å². The predicted octanol–water partition coefficient (Wildman–Crippen LogP) is -0.0861. The molecule has 2 aliphatic rings. The number of nitrogens with zero attached hydrogens (tertiary/aromatic N) is 1. The molecule has 0 bridgehead atoms. The maximum absolute atomic E-state index is 10.9. The Labute approximate surface area is 95.8 Å². The van der Waals surface area contributed by atoms with Crippen molar-refractivity contribution in [2.45, 2.75) is 30.9 Å². The first kappa shape index (κ1) is 11.8. The summed E-state index contributed by atoms with van der Waals surface area (Å²) >= 11 is 0. The van der Waals surface area contributed by atoms with Crippen molar-refractivity contribution in [1.82, 2.24) is 10.2 Å². The molecule has 2 fully saturated rings. The number of piperidine rings is 1. The average molecular weight is 228 g/mol. The van der Waals surface area contributed by atoms with Crippen LogP contribution in [0.1, 0.15) is 19.3 Å². The molecule has 1 atom stereocenters. The Morgan fingerprint density at radius 1 is 1.62 bits per heavy atom. The Bertz CT molecular complexity index is 266.